The maximum Gasteiger partial charge on any atom is 0.339 e. The molecule has 5 heteroatoms. The highest BCUT2D eigenvalue weighted by Gasteiger charge is 2.15. The Morgan fingerprint density at radius 1 is 1.56 bits per heavy atom. The van der Waals surface area contributed by atoms with Crippen molar-refractivity contribution in [2.45, 2.75) is 38.8 Å². The lowest BCUT2D eigenvalue weighted by atomic mass is 10.1. The van der Waals surface area contributed by atoms with Crippen molar-refractivity contribution in [1.29, 1.82) is 0 Å². The van der Waals surface area contributed by atoms with E-state index in [0.29, 0.717) is 18.1 Å². The molecule has 2 rings (SSSR count). The highest BCUT2D eigenvalue weighted by molar-refractivity contribution is 5.88. The summed E-state index contributed by atoms with van der Waals surface area (Å²) in [6.07, 6.45) is 3.73. The second kappa shape index (κ2) is 6.02. The summed E-state index contributed by atoms with van der Waals surface area (Å²) < 4.78 is 11.0. The first-order valence-electron chi connectivity index (χ1n) is 6.31. The molecule has 100 valence electrons. The number of hydrogen-bond donors (Lipinski definition) is 2. The van der Waals surface area contributed by atoms with Gasteiger partial charge in [-0.25, -0.2) is 4.79 Å². The molecule has 1 aliphatic rings. The van der Waals surface area contributed by atoms with E-state index < -0.39 is 5.97 Å². The zero-order chi connectivity index (χ0) is 13.0. The Bertz CT molecular complexity index is 407. The number of furan rings is 1. The number of aryl methyl sites for hydroxylation is 1. The first-order valence-corrected chi connectivity index (χ1v) is 6.31. The van der Waals surface area contributed by atoms with Crippen LogP contribution in [0.5, 0.6) is 0 Å². The lowest BCUT2D eigenvalue weighted by Gasteiger charge is -2.22. The molecular formula is C13H19NO4. The molecular weight excluding hydrogens is 234 g/mol. The Morgan fingerprint density at radius 3 is 3.00 bits per heavy atom. The zero-order valence-electron chi connectivity index (χ0n) is 10.6. The number of aromatic carboxylic acids is 1. The summed E-state index contributed by atoms with van der Waals surface area (Å²) in [5.41, 5.74) is 0.237. The van der Waals surface area contributed by atoms with E-state index in [2.05, 4.69) is 5.32 Å². The van der Waals surface area contributed by atoms with Gasteiger partial charge >= 0.3 is 5.97 Å². The second-order valence-corrected chi connectivity index (χ2v) is 4.61. The fourth-order valence-corrected chi connectivity index (χ4v) is 2.17. The minimum absolute atomic E-state index is 0.237. The van der Waals surface area contributed by atoms with Crippen LogP contribution in [-0.2, 0) is 11.3 Å². The lowest BCUT2D eigenvalue weighted by molar-refractivity contribution is 0.0165. The molecule has 0 bridgehead atoms. The first kappa shape index (κ1) is 13.1. The first-order chi connectivity index (χ1) is 8.66. The minimum atomic E-state index is -0.946. The van der Waals surface area contributed by atoms with Crippen LogP contribution < -0.4 is 5.32 Å². The summed E-state index contributed by atoms with van der Waals surface area (Å²) in [4.78, 5) is 10.9. The molecule has 0 aromatic carbocycles. The van der Waals surface area contributed by atoms with Crippen molar-refractivity contribution >= 4 is 5.97 Å². The van der Waals surface area contributed by atoms with Crippen LogP contribution in [0.4, 0.5) is 0 Å². The number of carboxylic acid groups (broad SMARTS) is 1. The number of carboxylic acids is 1. The Labute approximate surface area is 106 Å². The third-order valence-corrected chi connectivity index (χ3v) is 3.14. The molecule has 1 saturated heterocycles. The zero-order valence-corrected chi connectivity index (χ0v) is 10.6. The molecule has 0 saturated carbocycles. The molecule has 0 radical (unpaired) electrons. The van der Waals surface area contributed by atoms with E-state index in [-0.39, 0.29) is 11.7 Å². The van der Waals surface area contributed by atoms with E-state index in [1.165, 1.54) is 6.42 Å². The average molecular weight is 253 g/mol. The van der Waals surface area contributed by atoms with Crippen LogP contribution in [0.3, 0.4) is 0 Å². The molecule has 0 spiro atoms. The van der Waals surface area contributed by atoms with Crippen LogP contribution in [0.25, 0.3) is 0 Å². The van der Waals surface area contributed by atoms with Crippen molar-refractivity contribution in [3.8, 4) is 0 Å². The van der Waals surface area contributed by atoms with Gasteiger partial charge in [0.25, 0.3) is 0 Å². The SMILES string of the molecule is Cc1oc(CNCC2CCCCO2)cc1C(=O)O. The van der Waals surface area contributed by atoms with Gasteiger partial charge in [-0.05, 0) is 32.3 Å². The van der Waals surface area contributed by atoms with Gasteiger partial charge in [0.2, 0.25) is 0 Å². The molecule has 1 aromatic heterocycles. The summed E-state index contributed by atoms with van der Waals surface area (Å²) in [5.74, 6) is 0.159. The monoisotopic (exact) mass is 253 g/mol. The molecule has 2 N–H and O–H groups in total. The van der Waals surface area contributed by atoms with Gasteiger partial charge in [0.15, 0.2) is 0 Å². The summed E-state index contributed by atoms with van der Waals surface area (Å²) in [5, 5.41) is 12.1. The Kier molecular flexibility index (Phi) is 4.38. The number of nitrogens with one attached hydrogen (secondary N) is 1. The van der Waals surface area contributed by atoms with Crippen LogP contribution in [0.2, 0.25) is 0 Å². The number of ether oxygens (including phenoxy) is 1. The van der Waals surface area contributed by atoms with E-state index in [1.54, 1.807) is 13.0 Å². The molecule has 2 heterocycles. The standard InChI is InChI=1S/C13H19NO4/c1-9-12(13(15)16)6-11(18-9)8-14-7-10-4-2-3-5-17-10/h6,10,14H,2-5,7-8H2,1H3,(H,15,16). The van der Waals surface area contributed by atoms with Crippen LogP contribution >= 0.6 is 0 Å². The summed E-state index contributed by atoms with van der Waals surface area (Å²) in [6.45, 7) is 3.82. The summed E-state index contributed by atoms with van der Waals surface area (Å²) >= 11 is 0. The predicted octanol–water partition coefficient (Wildman–Crippen LogP) is 1.94. The maximum atomic E-state index is 10.9. The molecule has 1 fully saturated rings. The highest BCUT2D eigenvalue weighted by atomic mass is 16.5. The van der Waals surface area contributed by atoms with Crippen molar-refractivity contribution in [2.24, 2.45) is 0 Å². The lowest BCUT2D eigenvalue weighted by Crippen LogP contribution is -2.31. The van der Waals surface area contributed by atoms with Crippen molar-refractivity contribution in [2.75, 3.05) is 13.2 Å². The van der Waals surface area contributed by atoms with Crippen LogP contribution in [0.1, 0.15) is 41.1 Å². The van der Waals surface area contributed by atoms with Gasteiger partial charge in [-0.2, -0.15) is 0 Å². The van der Waals surface area contributed by atoms with Crippen molar-refractivity contribution < 1.29 is 19.1 Å². The van der Waals surface area contributed by atoms with Crippen molar-refractivity contribution in [3.05, 3.63) is 23.2 Å². The average Bonchev–Trinajstić information content (AvgIpc) is 2.72. The van der Waals surface area contributed by atoms with E-state index in [9.17, 15) is 4.79 Å². The molecule has 0 aliphatic carbocycles. The fourth-order valence-electron chi connectivity index (χ4n) is 2.17. The normalized spacial score (nSPS) is 19.9. The van der Waals surface area contributed by atoms with E-state index >= 15 is 0 Å². The van der Waals surface area contributed by atoms with E-state index in [0.717, 1.165) is 26.0 Å². The smallest absolute Gasteiger partial charge is 0.339 e. The number of hydrogen-bond acceptors (Lipinski definition) is 4. The Hall–Kier alpha value is -1.33. The van der Waals surface area contributed by atoms with Gasteiger partial charge in [0.05, 0.1) is 12.6 Å². The Morgan fingerprint density at radius 2 is 2.39 bits per heavy atom. The molecule has 0 amide bonds. The molecule has 1 atom stereocenters. The van der Waals surface area contributed by atoms with Gasteiger partial charge in [0, 0.05) is 13.2 Å². The largest absolute Gasteiger partial charge is 0.478 e. The van der Waals surface area contributed by atoms with Crippen molar-refractivity contribution in [1.82, 2.24) is 5.32 Å². The Balaban J connectivity index is 1.79. The van der Waals surface area contributed by atoms with Gasteiger partial charge in [0.1, 0.15) is 17.1 Å². The molecule has 5 nitrogen and oxygen atoms in total. The number of rotatable bonds is 5. The summed E-state index contributed by atoms with van der Waals surface area (Å²) in [6, 6.07) is 1.58. The number of carbonyl (C=O) groups is 1. The second-order valence-electron chi connectivity index (χ2n) is 4.61. The third kappa shape index (κ3) is 3.34. The molecule has 18 heavy (non-hydrogen) atoms. The van der Waals surface area contributed by atoms with E-state index in [4.69, 9.17) is 14.3 Å². The fraction of sp³-hybridized carbons (Fsp3) is 0.615. The highest BCUT2D eigenvalue weighted by Crippen LogP contribution is 2.15. The minimum Gasteiger partial charge on any atom is -0.478 e. The van der Waals surface area contributed by atoms with Gasteiger partial charge in [-0.3, -0.25) is 0 Å². The van der Waals surface area contributed by atoms with Gasteiger partial charge in [-0.1, -0.05) is 0 Å². The summed E-state index contributed by atoms with van der Waals surface area (Å²) in [7, 11) is 0. The third-order valence-electron chi connectivity index (χ3n) is 3.14. The molecule has 1 aromatic rings. The topological polar surface area (TPSA) is 71.7 Å². The van der Waals surface area contributed by atoms with Crippen LogP contribution in [0.15, 0.2) is 10.5 Å². The van der Waals surface area contributed by atoms with Crippen LogP contribution in [-0.4, -0.2) is 30.3 Å². The predicted molar refractivity (Wildman–Crippen MR) is 65.7 cm³/mol. The maximum absolute atomic E-state index is 10.9. The van der Waals surface area contributed by atoms with Crippen molar-refractivity contribution in [3.63, 3.8) is 0 Å². The van der Waals surface area contributed by atoms with E-state index in [1.807, 2.05) is 0 Å². The molecule has 1 unspecified atom stereocenters. The quantitative estimate of drug-likeness (QED) is 0.839. The molecule has 1 aliphatic heterocycles. The van der Waals surface area contributed by atoms with Crippen LogP contribution in [0, 0.1) is 6.92 Å². The van der Waals surface area contributed by atoms with Gasteiger partial charge < -0.3 is 19.6 Å². The van der Waals surface area contributed by atoms with Gasteiger partial charge in [-0.15, -0.1) is 0 Å².